The number of carbonyl (C=O) groups excluding carboxylic acids is 1. The number of amides is 1. The zero-order chi connectivity index (χ0) is 21.1. The molecule has 3 aromatic rings. The van der Waals surface area contributed by atoms with Crippen LogP contribution in [0.15, 0.2) is 46.2 Å². The topological polar surface area (TPSA) is 93.4 Å². The Morgan fingerprint density at radius 1 is 1.17 bits per heavy atom. The molecule has 0 saturated carbocycles. The van der Waals surface area contributed by atoms with Crippen molar-refractivity contribution in [3.8, 4) is 11.4 Å². The quantitative estimate of drug-likeness (QED) is 0.477. The Balaban J connectivity index is 1.27. The first-order valence-electron chi connectivity index (χ1n) is 9.94. The van der Waals surface area contributed by atoms with Crippen LogP contribution in [-0.4, -0.2) is 62.5 Å². The summed E-state index contributed by atoms with van der Waals surface area (Å²) in [4.78, 5) is 17.0. The number of nitrogens with zero attached hydrogens (tertiary/aromatic N) is 5. The van der Waals surface area contributed by atoms with Crippen LogP contribution in [0.3, 0.4) is 0 Å². The summed E-state index contributed by atoms with van der Waals surface area (Å²) in [7, 11) is 0. The Kier molecular flexibility index (Phi) is 6.10. The molecule has 0 bridgehead atoms. The van der Waals surface area contributed by atoms with Crippen molar-refractivity contribution in [1.29, 1.82) is 0 Å². The summed E-state index contributed by atoms with van der Waals surface area (Å²) in [5, 5.41) is 8.78. The molecular formula is C21H26N6O2S. The first kappa shape index (κ1) is 20.5. The molecule has 1 amide bonds. The predicted molar refractivity (Wildman–Crippen MR) is 116 cm³/mol. The van der Waals surface area contributed by atoms with Gasteiger partial charge in [-0.3, -0.25) is 9.69 Å². The van der Waals surface area contributed by atoms with Crippen LogP contribution in [0.25, 0.3) is 11.4 Å². The number of hydrogen-bond donors (Lipinski definition) is 1. The fourth-order valence-corrected chi connectivity index (χ4v) is 4.38. The molecule has 0 atom stereocenters. The van der Waals surface area contributed by atoms with E-state index in [1.807, 2.05) is 11.8 Å². The Labute approximate surface area is 180 Å². The van der Waals surface area contributed by atoms with E-state index in [0.717, 1.165) is 44.0 Å². The number of thioether (sulfide) groups is 1. The zero-order valence-corrected chi connectivity index (χ0v) is 18.1. The molecule has 1 saturated heterocycles. The van der Waals surface area contributed by atoms with Crippen molar-refractivity contribution < 1.29 is 9.21 Å². The highest BCUT2D eigenvalue weighted by atomic mass is 32.2. The summed E-state index contributed by atoms with van der Waals surface area (Å²) < 4.78 is 6.72. The van der Waals surface area contributed by atoms with Gasteiger partial charge < -0.3 is 15.2 Å². The number of nitrogens with two attached hydrogens (primary N) is 1. The summed E-state index contributed by atoms with van der Waals surface area (Å²) in [6.45, 7) is 8.10. The van der Waals surface area contributed by atoms with E-state index in [4.69, 9.17) is 10.3 Å². The number of piperazine rings is 1. The maximum absolute atomic E-state index is 12.7. The smallest absolute Gasteiger partial charge is 0.233 e. The van der Waals surface area contributed by atoms with Gasteiger partial charge in [0.2, 0.25) is 11.1 Å². The summed E-state index contributed by atoms with van der Waals surface area (Å²) in [6.07, 6.45) is 1.59. The Morgan fingerprint density at radius 3 is 2.67 bits per heavy atom. The van der Waals surface area contributed by atoms with Crippen LogP contribution in [0, 0.1) is 13.8 Å². The van der Waals surface area contributed by atoms with E-state index in [0.29, 0.717) is 11.0 Å². The van der Waals surface area contributed by atoms with E-state index in [2.05, 4.69) is 46.3 Å². The maximum Gasteiger partial charge on any atom is 0.233 e. The molecular weight excluding hydrogens is 400 g/mol. The molecule has 30 heavy (non-hydrogen) atoms. The summed E-state index contributed by atoms with van der Waals surface area (Å²) in [5.41, 5.74) is 3.39. The first-order valence-corrected chi connectivity index (χ1v) is 10.9. The average molecular weight is 427 g/mol. The van der Waals surface area contributed by atoms with Crippen LogP contribution in [-0.2, 0) is 11.3 Å². The van der Waals surface area contributed by atoms with E-state index < -0.39 is 0 Å². The second kappa shape index (κ2) is 8.93. The minimum Gasteiger partial charge on any atom is -0.469 e. The molecule has 1 aliphatic heterocycles. The van der Waals surface area contributed by atoms with Crippen molar-refractivity contribution in [1.82, 2.24) is 24.7 Å². The van der Waals surface area contributed by atoms with E-state index in [9.17, 15) is 4.79 Å². The SMILES string of the molecule is Cc1cccc(CN2CCN(C(=O)CSc3nnc(-c4ccoc4C)n3N)CC2)c1. The largest absolute Gasteiger partial charge is 0.469 e. The molecule has 0 radical (unpaired) electrons. The van der Waals surface area contributed by atoms with Crippen molar-refractivity contribution in [3.63, 3.8) is 0 Å². The van der Waals surface area contributed by atoms with Crippen molar-refractivity contribution in [2.45, 2.75) is 25.5 Å². The lowest BCUT2D eigenvalue weighted by Gasteiger charge is -2.34. The van der Waals surface area contributed by atoms with Crippen molar-refractivity contribution in [2.75, 3.05) is 37.8 Å². The van der Waals surface area contributed by atoms with Gasteiger partial charge in [-0.1, -0.05) is 41.6 Å². The lowest BCUT2D eigenvalue weighted by atomic mass is 10.1. The number of benzene rings is 1. The number of carbonyl (C=O) groups is 1. The highest BCUT2D eigenvalue weighted by Crippen LogP contribution is 2.25. The van der Waals surface area contributed by atoms with Gasteiger partial charge in [0.1, 0.15) is 5.76 Å². The molecule has 1 aromatic carbocycles. The third-order valence-corrected chi connectivity index (χ3v) is 6.23. The second-order valence-electron chi connectivity index (χ2n) is 7.50. The Hall–Kier alpha value is -2.78. The van der Waals surface area contributed by atoms with Crippen LogP contribution in [0.2, 0.25) is 0 Å². The summed E-state index contributed by atoms with van der Waals surface area (Å²) in [5.74, 6) is 7.77. The van der Waals surface area contributed by atoms with Gasteiger partial charge in [0.15, 0.2) is 5.82 Å². The molecule has 2 aromatic heterocycles. The molecule has 3 heterocycles. The average Bonchev–Trinajstić information content (AvgIpc) is 3.31. The van der Waals surface area contributed by atoms with Crippen molar-refractivity contribution >= 4 is 17.7 Å². The van der Waals surface area contributed by atoms with Gasteiger partial charge in [0, 0.05) is 32.7 Å². The van der Waals surface area contributed by atoms with Gasteiger partial charge in [0.25, 0.3) is 0 Å². The summed E-state index contributed by atoms with van der Waals surface area (Å²) in [6, 6.07) is 10.4. The Bertz CT molecular complexity index is 1020. The molecule has 4 rings (SSSR count). The van der Waals surface area contributed by atoms with Crippen molar-refractivity contribution in [3.05, 3.63) is 53.5 Å². The van der Waals surface area contributed by atoms with Crippen molar-refractivity contribution in [2.24, 2.45) is 0 Å². The van der Waals surface area contributed by atoms with Crippen LogP contribution in [0.4, 0.5) is 0 Å². The second-order valence-corrected chi connectivity index (χ2v) is 8.44. The van der Waals surface area contributed by atoms with Gasteiger partial charge in [-0.2, -0.15) is 0 Å². The highest BCUT2D eigenvalue weighted by molar-refractivity contribution is 7.99. The number of aromatic nitrogens is 3. The number of aryl methyl sites for hydroxylation is 2. The van der Waals surface area contributed by atoms with Crippen LogP contribution in [0.1, 0.15) is 16.9 Å². The summed E-state index contributed by atoms with van der Waals surface area (Å²) >= 11 is 1.31. The van der Waals surface area contributed by atoms with Crippen LogP contribution < -0.4 is 5.84 Å². The van der Waals surface area contributed by atoms with Crippen LogP contribution in [0.5, 0.6) is 0 Å². The van der Waals surface area contributed by atoms with Gasteiger partial charge in [-0.25, -0.2) is 4.68 Å². The third-order valence-electron chi connectivity index (χ3n) is 5.30. The molecule has 158 valence electrons. The van der Waals surface area contributed by atoms with Gasteiger partial charge in [0.05, 0.1) is 17.6 Å². The lowest BCUT2D eigenvalue weighted by Crippen LogP contribution is -2.48. The minimum atomic E-state index is 0.0965. The molecule has 8 nitrogen and oxygen atoms in total. The highest BCUT2D eigenvalue weighted by Gasteiger charge is 2.22. The normalized spacial score (nSPS) is 14.9. The molecule has 0 unspecified atom stereocenters. The van der Waals surface area contributed by atoms with E-state index in [-0.39, 0.29) is 11.7 Å². The van der Waals surface area contributed by atoms with E-state index in [1.165, 1.54) is 27.6 Å². The van der Waals surface area contributed by atoms with E-state index >= 15 is 0 Å². The molecule has 2 N–H and O–H groups in total. The molecule has 1 aliphatic rings. The molecule has 0 aliphatic carbocycles. The number of hydrogen-bond acceptors (Lipinski definition) is 7. The fourth-order valence-electron chi connectivity index (χ4n) is 3.62. The third kappa shape index (κ3) is 4.52. The number of nitrogen functional groups attached to an aromatic ring is 1. The monoisotopic (exact) mass is 426 g/mol. The fraction of sp³-hybridized carbons (Fsp3) is 0.381. The van der Waals surface area contributed by atoms with Gasteiger partial charge in [-0.15, -0.1) is 10.2 Å². The van der Waals surface area contributed by atoms with Crippen LogP contribution >= 0.6 is 11.8 Å². The predicted octanol–water partition coefficient (Wildman–Crippen LogP) is 2.31. The van der Waals surface area contributed by atoms with Gasteiger partial charge in [-0.05, 0) is 25.5 Å². The maximum atomic E-state index is 12.7. The number of rotatable bonds is 6. The number of furan rings is 1. The van der Waals surface area contributed by atoms with Gasteiger partial charge >= 0.3 is 0 Å². The molecule has 1 fully saturated rings. The standard InChI is InChI=1S/C21H26N6O2S/c1-15-4-3-5-17(12-15)13-25-7-9-26(10-8-25)19(28)14-30-21-24-23-20(27(21)22)18-6-11-29-16(18)2/h3-6,11-12H,7-10,13-14,22H2,1-2H3. The Morgan fingerprint density at radius 2 is 1.97 bits per heavy atom. The molecule has 9 heteroatoms. The van der Waals surface area contributed by atoms with E-state index in [1.54, 1.807) is 12.3 Å². The minimum absolute atomic E-state index is 0.0965. The molecule has 0 spiro atoms. The zero-order valence-electron chi connectivity index (χ0n) is 17.2. The lowest BCUT2D eigenvalue weighted by molar-refractivity contribution is -0.130. The first-order chi connectivity index (χ1) is 14.5.